The summed E-state index contributed by atoms with van der Waals surface area (Å²) >= 11 is 6.00. The van der Waals surface area contributed by atoms with E-state index in [0.717, 1.165) is 39.2 Å². The molecule has 2 N–H and O–H groups in total. The van der Waals surface area contributed by atoms with E-state index in [9.17, 15) is 4.79 Å². The van der Waals surface area contributed by atoms with Gasteiger partial charge in [-0.25, -0.2) is 0 Å². The Bertz CT molecular complexity index is 1420. The van der Waals surface area contributed by atoms with Gasteiger partial charge in [-0.3, -0.25) is 9.48 Å². The van der Waals surface area contributed by atoms with E-state index in [0.29, 0.717) is 12.1 Å². The molecule has 0 aliphatic rings. The molecule has 0 saturated carbocycles. The Hall–Kier alpha value is -3.74. The number of hydrogen-bond donors (Lipinski definition) is 2. The van der Waals surface area contributed by atoms with Gasteiger partial charge in [0.15, 0.2) is 5.78 Å². The van der Waals surface area contributed by atoms with Crippen molar-refractivity contribution in [1.82, 2.24) is 25.3 Å². The fraction of sp³-hybridized carbons (Fsp3) is 0.148. The van der Waals surface area contributed by atoms with Gasteiger partial charge < -0.3 is 10.3 Å². The van der Waals surface area contributed by atoms with Crippen LogP contribution in [0.25, 0.3) is 22.2 Å². The van der Waals surface area contributed by atoms with Crippen LogP contribution in [0.3, 0.4) is 0 Å². The highest BCUT2D eigenvalue weighted by Gasteiger charge is 2.24. The molecule has 0 unspecified atom stereocenters. The number of nitrogens with one attached hydrogen (secondary N) is 2. The van der Waals surface area contributed by atoms with Gasteiger partial charge in [-0.05, 0) is 35.7 Å². The standard InChI is InChI=1S/C27H24ClN5O/c1-33-17-25(31-32-33)20-9-12-22-23(16-30-24(22)15-20)27(34)26(19-5-3-2-4-6-19)29-14-13-18-7-10-21(28)11-8-18/h2-12,15-17,26,29-30H,13-14H2,1H3/t26-/m0/s1. The molecule has 0 radical (unpaired) electrons. The highest BCUT2D eigenvalue weighted by molar-refractivity contribution is 6.30. The van der Waals surface area contributed by atoms with Gasteiger partial charge in [-0.15, -0.1) is 5.10 Å². The summed E-state index contributed by atoms with van der Waals surface area (Å²) < 4.78 is 1.67. The molecule has 3 aromatic carbocycles. The smallest absolute Gasteiger partial charge is 0.186 e. The van der Waals surface area contributed by atoms with Gasteiger partial charge in [0.05, 0.1) is 12.2 Å². The number of fused-ring (bicyclic) bond motifs is 1. The number of aryl methyl sites for hydroxylation is 1. The van der Waals surface area contributed by atoms with Crippen LogP contribution in [-0.2, 0) is 13.5 Å². The minimum absolute atomic E-state index is 0.0285. The van der Waals surface area contributed by atoms with E-state index in [4.69, 9.17) is 11.6 Å². The van der Waals surface area contributed by atoms with Gasteiger partial charge in [0.25, 0.3) is 0 Å². The van der Waals surface area contributed by atoms with Gasteiger partial charge in [0.2, 0.25) is 0 Å². The normalized spacial score (nSPS) is 12.2. The molecule has 2 aromatic heterocycles. The molecule has 5 aromatic rings. The monoisotopic (exact) mass is 469 g/mol. The number of Topliss-reactive ketones (excluding diaryl/α,β-unsaturated/α-hetero) is 1. The lowest BCUT2D eigenvalue weighted by molar-refractivity contribution is 0.0945. The molecule has 0 spiro atoms. The summed E-state index contributed by atoms with van der Waals surface area (Å²) in [5.41, 5.74) is 5.39. The SMILES string of the molecule is Cn1cc(-c2ccc3c(C(=O)[C@@H](NCCc4ccc(Cl)cc4)c4ccccc4)c[nH]c3c2)nn1. The van der Waals surface area contributed by atoms with E-state index in [1.165, 1.54) is 5.56 Å². The third-order valence-corrected chi connectivity index (χ3v) is 6.17. The van der Waals surface area contributed by atoms with E-state index in [1.807, 2.05) is 86.0 Å². The first kappa shape index (κ1) is 22.1. The molecule has 5 rings (SSSR count). The quantitative estimate of drug-likeness (QED) is 0.299. The number of H-pyrrole nitrogens is 1. The van der Waals surface area contributed by atoms with E-state index in [2.05, 4.69) is 20.6 Å². The summed E-state index contributed by atoms with van der Waals surface area (Å²) in [4.78, 5) is 17.0. The third-order valence-electron chi connectivity index (χ3n) is 5.92. The second-order valence-corrected chi connectivity index (χ2v) is 8.72. The first-order chi connectivity index (χ1) is 16.6. The molecule has 0 saturated heterocycles. The zero-order chi connectivity index (χ0) is 23.5. The molecule has 1 atom stereocenters. The molecule has 7 heteroatoms. The maximum absolute atomic E-state index is 13.7. The molecular weight excluding hydrogens is 446 g/mol. The van der Waals surface area contributed by atoms with Crippen LogP contribution in [0.15, 0.2) is 85.2 Å². The predicted octanol–water partition coefficient (Wildman–Crippen LogP) is 5.37. The number of hydrogen-bond acceptors (Lipinski definition) is 4. The van der Waals surface area contributed by atoms with Crippen LogP contribution in [0, 0.1) is 0 Å². The van der Waals surface area contributed by atoms with Crippen LogP contribution in [0.4, 0.5) is 0 Å². The fourth-order valence-corrected chi connectivity index (χ4v) is 4.27. The number of carbonyl (C=O) groups excluding carboxylic acids is 1. The van der Waals surface area contributed by atoms with Crippen molar-refractivity contribution in [3.63, 3.8) is 0 Å². The maximum atomic E-state index is 13.7. The zero-order valence-corrected chi connectivity index (χ0v) is 19.5. The molecule has 0 aliphatic carbocycles. The van der Waals surface area contributed by atoms with Crippen molar-refractivity contribution in [2.75, 3.05) is 6.54 Å². The van der Waals surface area contributed by atoms with Crippen molar-refractivity contribution in [2.24, 2.45) is 7.05 Å². The number of nitrogens with zero attached hydrogens (tertiary/aromatic N) is 3. The van der Waals surface area contributed by atoms with E-state index >= 15 is 0 Å². The second kappa shape index (κ2) is 9.63. The minimum Gasteiger partial charge on any atom is -0.360 e. The molecule has 6 nitrogen and oxygen atoms in total. The number of rotatable bonds is 8. The van der Waals surface area contributed by atoms with Crippen LogP contribution < -0.4 is 5.32 Å². The Labute approximate surface area is 202 Å². The molecular formula is C27H24ClN5O. The summed E-state index contributed by atoms with van der Waals surface area (Å²) in [6.45, 7) is 0.659. The molecule has 170 valence electrons. The summed E-state index contributed by atoms with van der Waals surface area (Å²) in [6, 6.07) is 23.1. The minimum atomic E-state index is -0.452. The summed E-state index contributed by atoms with van der Waals surface area (Å²) in [7, 11) is 1.84. The highest BCUT2D eigenvalue weighted by atomic mass is 35.5. The first-order valence-electron chi connectivity index (χ1n) is 11.1. The summed E-state index contributed by atoms with van der Waals surface area (Å²) in [6.07, 6.45) is 4.46. The largest absolute Gasteiger partial charge is 0.360 e. The molecule has 34 heavy (non-hydrogen) atoms. The Kier molecular flexibility index (Phi) is 6.25. The van der Waals surface area contributed by atoms with Gasteiger partial charge in [-0.1, -0.05) is 71.4 Å². The Morgan fingerprint density at radius 1 is 1.09 bits per heavy atom. The molecule has 0 amide bonds. The van der Waals surface area contributed by atoms with Crippen molar-refractivity contribution in [3.05, 3.63) is 107 Å². The number of aromatic amines is 1. The molecule has 0 fully saturated rings. The van der Waals surface area contributed by atoms with Gasteiger partial charge >= 0.3 is 0 Å². The molecule has 0 bridgehead atoms. The number of carbonyl (C=O) groups is 1. The lowest BCUT2D eigenvalue weighted by Gasteiger charge is -2.18. The average Bonchev–Trinajstić information content (AvgIpc) is 3.49. The highest BCUT2D eigenvalue weighted by Crippen LogP contribution is 2.28. The van der Waals surface area contributed by atoms with E-state index < -0.39 is 6.04 Å². The lowest BCUT2D eigenvalue weighted by atomic mass is 9.96. The predicted molar refractivity (Wildman–Crippen MR) is 135 cm³/mol. The number of ketones is 1. The topological polar surface area (TPSA) is 75.6 Å². The van der Waals surface area contributed by atoms with E-state index in [-0.39, 0.29) is 5.78 Å². The zero-order valence-electron chi connectivity index (χ0n) is 18.7. The van der Waals surface area contributed by atoms with Crippen molar-refractivity contribution in [1.29, 1.82) is 0 Å². The summed E-state index contributed by atoms with van der Waals surface area (Å²) in [5, 5.41) is 13.3. The number of halogens is 1. The maximum Gasteiger partial charge on any atom is 0.186 e. The van der Waals surface area contributed by atoms with Crippen LogP contribution in [-0.4, -0.2) is 32.3 Å². The molecule has 0 aliphatic heterocycles. The Morgan fingerprint density at radius 2 is 1.88 bits per heavy atom. The van der Waals surface area contributed by atoms with Gasteiger partial charge in [-0.2, -0.15) is 0 Å². The van der Waals surface area contributed by atoms with Gasteiger partial charge in [0, 0.05) is 46.8 Å². The van der Waals surface area contributed by atoms with Crippen LogP contribution >= 0.6 is 11.6 Å². The fourth-order valence-electron chi connectivity index (χ4n) is 4.14. The van der Waals surface area contributed by atoms with Crippen molar-refractivity contribution < 1.29 is 4.79 Å². The van der Waals surface area contributed by atoms with Crippen LogP contribution in [0.5, 0.6) is 0 Å². The number of benzene rings is 3. The van der Waals surface area contributed by atoms with Crippen molar-refractivity contribution in [2.45, 2.75) is 12.5 Å². The first-order valence-corrected chi connectivity index (χ1v) is 11.5. The lowest BCUT2D eigenvalue weighted by Crippen LogP contribution is -2.30. The Morgan fingerprint density at radius 3 is 2.62 bits per heavy atom. The second-order valence-electron chi connectivity index (χ2n) is 8.28. The van der Waals surface area contributed by atoms with E-state index in [1.54, 1.807) is 10.9 Å². The van der Waals surface area contributed by atoms with Gasteiger partial charge in [0.1, 0.15) is 5.69 Å². The van der Waals surface area contributed by atoms with Crippen molar-refractivity contribution >= 4 is 28.3 Å². The average molecular weight is 470 g/mol. The van der Waals surface area contributed by atoms with Crippen LogP contribution in [0.1, 0.15) is 27.5 Å². The third kappa shape index (κ3) is 4.64. The summed E-state index contributed by atoms with van der Waals surface area (Å²) in [5.74, 6) is 0.0285. The van der Waals surface area contributed by atoms with Crippen LogP contribution in [0.2, 0.25) is 5.02 Å². The Balaban J connectivity index is 1.40. The number of aromatic nitrogens is 4. The van der Waals surface area contributed by atoms with Crippen molar-refractivity contribution in [3.8, 4) is 11.3 Å². The molecule has 2 heterocycles.